The lowest BCUT2D eigenvalue weighted by Crippen LogP contribution is -2.15. The van der Waals surface area contributed by atoms with E-state index in [1.54, 1.807) is 6.07 Å². The topological polar surface area (TPSA) is 20.2 Å². The third kappa shape index (κ3) is 3.59. The van der Waals surface area contributed by atoms with Crippen LogP contribution in [0.1, 0.15) is 25.8 Å². The van der Waals surface area contributed by atoms with Crippen LogP contribution < -0.4 is 0 Å². The van der Waals surface area contributed by atoms with Crippen molar-refractivity contribution >= 4 is 0 Å². The second-order valence-electron chi connectivity index (χ2n) is 4.10. The van der Waals surface area contributed by atoms with Gasteiger partial charge in [-0.05, 0) is 36.5 Å². The molecule has 0 saturated heterocycles. The molecular weight excluding hydrogens is 198 g/mol. The molecule has 0 aliphatic rings. The monoisotopic (exact) mass is 214 g/mol. The van der Waals surface area contributed by atoms with E-state index >= 15 is 0 Å². The second-order valence-corrected chi connectivity index (χ2v) is 4.10. The molecule has 84 valence electrons. The van der Waals surface area contributed by atoms with Gasteiger partial charge in [-0.2, -0.15) is 0 Å². The molecule has 0 aromatic heterocycles. The molecule has 1 aromatic rings. The number of benzene rings is 1. The Morgan fingerprint density at radius 1 is 1.20 bits per heavy atom. The minimum atomic E-state index is -0.830. The first-order chi connectivity index (χ1) is 7.00. The van der Waals surface area contributed by atoms with Crippen LogP contribution in [0.25, 0.3) is 0 Å². The van der Waals surface area contributed by atoms with E-state index in [2.05, 4.69) is 0 Å². The van der Waals surface area contributed by atoms with Crippen molar-refractivity contribution < 1.29 is 13.9 Å². The van der Waals surface area contributed by atoms with Gasteiger partial charge in [0.25, 0.3) is 0 Å². The van der Waals surface area contributed by atoms with Gasteiger partial charge >= 0.3 is 0 Å². The summed E-state index contributed by atoms with van der Waals surface area (Å²) in [7, 11) is 0. The molecule has 0 fully saturated rings. The molecule has 1 atom stereocenters. The predicted molar refractivity (Wildman–Crippen MR) is 55.5 cm³/mol. The van der Waals surface area contributed by atoms with Crippen LogP contribution >= 0.6 is 0 Å². The molecule has 0 radical (unpaired) electrons. The minimum absolute atomic E-state index is 0.190. The molecule has 1 N–H and O–H groups in total. The van der Waals surface area contributed by atoms with Gasteiger partial charge in [0.1, 0.15) is 0 Å². The maximum atomic E-state index is 12.8. The first-order valence-corrected chi connectivity index (χ1v) is 5.12. The van der Waals surface area contributed by atoms with E-state index in [4.69, 9.17) is 0 Å². The van der Waals surface area contributed by atoms with Crippen molar-refractivity contribution in [1.29, 1.82) is 0 Å². The van der Waals surface area contributed by atoms with Crippen LogP contribution in [0.2, 0.25) is 0 Å². The number of aryl methyl sites for hydroxylation is 1. The van der Waals surface area contributed by atoms with E-state index in [0.717, 1.165) is 6.07 Å². The first-order valence-electron chi connectivity index (χ1n) is 5.12. The highest BCUT2D eigenvalue weighted by molar-refractivity contribution is 5.17. The van der Waals surface area contributed by atoms with E-state index in [-0.39, 0.29) is 5.92 Å². The van der Waals surface area contributed by atoms with E-state index in [1.165, 1.54) is 6.07 Å². The number of hydrogen-bond donors (Lipinski definition) is 1. The van der Waals surface area contributed by atoms with Gasteiger partial charge in [-0.25, -0.2) is 8.78 Å². The molecule has 0 aliphatic carbocycles. The van der Waals surface area contributed by atoms with Gasteiger partial charge in [0.05, 0.1) is 6.10 Å². The second kappa shape index (κ2) is 5.21. The smallest absolute Gasteiger partial charge is 0.159 e. The van der Waals surface area contributed by atoms with Crippen LogP contribution in [0.4, 0.5) is 8.78 Å². The Balaban J connectivity index is 2.55. The van der Waals surface area contributed by atoms with Crippen LogP contribution in [-0.4, -0.2) is 11.2 Å². The molecule has 15 heavy (non-hydrogen) atoms. The van der Waals surface area contributed by atoms with Crippen molar-refractivity contribution in [2.45, 2.75) is 32.8 Å². The van der Waals surface area contributed by atoms with Gasteiger partial charge < -0.3 is 5.11 Å². The Morgan fingerprint density at radius 3 is 2.40 bits per heavy atom. The maximum Gasteiger partial charge on any atom is 0.159 e. The Morgan fingerprint density at radius 2 is 1.87 bits per heavy atom. The lowest BCUT2D eigenvalue weighted by molar-refractivity contribution is 0.116. The molecule has 1 aromatic carbocycles. The highest BCUT2D eigenvalue weighted by Crippen LogP contribution is 2.13. The van der Waals surface area contributed by atoms with Crippen LogP contribution in [0.5, 0.6) is 0 Å². The summed E-state index contributed by atoms with van der Waals surface area (Å²) in [5.74, 6) is -1.47. The number of hydrogen-bond acceptors (Lipinski definition) is 1. The van der Waals surface area contributed by atoms with Gasteiger partial charge in [-0.3, -0.25) is 0 Å². The molecule has 0 aliphatic heterocycles. The Labute approximate surface area is 88.7 Å². The lowest BCUT2D eigenvalue weighted by atomic mass is 9.99. The zero-order chi connectivity index (χ0) is 11.4. The van der Waals surface area contributed by atoms with Gasteiger partial charge in [-0.15, -0.1) is 0 Å². The number of aliphatic hydroxyl groups excluding tert-OH is 1. The number of halogens is 2. The van der Waals surface area contributed by atoms with Gasteiger partial charge in [0.15, 0.2) is 11.6 Å². The van der Waals surface area contributed by atoms with Crippen LogP contribution in [0, 0.1) is 17.6 Å². The fraction of sp³-hybridized carbons (Fsp3) is 0.500. The molecule has 0 spiro atoms. The van der Waals surface area contributed by atoms with E-state index in [0.29, 0.717) is 18.4 Å². The Bertz CT molecular complexity index is 323. The zero-order valence-corrected chi connectivity index (χ0v) is 9.00. The highest BCUT2D eigenvalue weighted by Gasteiger charge is 2.09. The molecule has 1 unspecified atom stereocenters. The summed E-state index contributed by atoms with van der Waals surface area (Å²) in [6.07, 6.45) is 0.748. The third-order valence-electron chi connectivity index (χ3n) is 2.48. The summed E-state index contributed by atoms with van der Waals surface area (Å²) in [5.41, 5.74) is 0.716. The summed E-state index contributed by atoms with van der Waals surface area (Å²) in [6, 6.07) is 3.85. The fourth-order valence-corrected chi connectivity index (χ4v) is 1.34. The normalized spacial score (nSPS) is 13.2. The molecule has 0 heterocycles. The van der Waals surface area contributed by atoms with Crippen LogP contribution in [0.3, 0.4) is 0 Å². The summed E-state index contributed by atoms with van der Waals surface area (Å²) in [4.78, 5) is 0. The largest absolute Gasteiger partial charge is 0.393 e. The van der Waals surface area contributed by atoms with Gasteiger partial charge in [0.2, 0.25) is 0 Å². The average molecular weight is 214 g/mol. The zero-order valence-electron chi connectivity index (χ0n) is 9.00. The SMILES string of the molecule is CC(C)C(O)CCc1ccc(F)c(F)c1. The van der Waals surface area contributed by atoms with Crippen molar-refractivity contribution in [2.75, 3.05) is 0 Å². The third-order valence-corrected chi connectivity index (χ3v) is 2.48. The van der Waals surface area contributed by atoms with Crippen LogP contribution in [-0.2, 0) is 6.42 Å². The highest BCUT2D eigenvalue weighted by atomic mass is 19.2. The summed E-state index contributed by atoms with van der Waals surface area (Å²) < 4.78 is 25.4. The molecular formula is C12H16F2O. The predicted octanol–water partition coefficient (Wildman–Crippen LogP) is 2.91. The quantitative estimate of drug-likeness (QED) is 0.817. The Hall–Kier alpha value is -0.960. The minimum Gasteiger partial charge on any atom is -0.393 e. The average Bonchev–Trinajstić information content (AvgIpc) is 2.19. The first kappa shape index (κ1) is 12.1. The summed E-state index contributed by atoms with van der Waals surface area (Å²) in [6.45, 7) is 3.85. The van der Waals surface area contributed by atoms with Crippen molar-refractivity contribution in [3.8, 4) is 0 Å². The maximum absolute atomic E-state index is 12.8. The van der Waals surface area contributed by atoms with Crippen molar-refractivity contribution in [2.24, 2.45) is 5.92 Å². The molecule has 0 amide bonds. The number of rotatable bonds is 4. The van der Waals surface area contributed by atoms with Crippen LogP contribution in [0.15, 0.2) is 18.2 Å². The Kier molecular flexibility index (Phi) is 4.21. The molecule has 1 rings (SSSR count). The lowest BCUT2D eigenvalue weighted by Gasteiger charge is -2.13. The van der Waals surface area contributed by atoms with E-state index in [1.807, 2.05) is 13.8 Å². The van der Waals surface area contributed by atoms with Crippen molar-refractivity contribution in [3.63, 3.8) is 0 Å². The molecule has 3 heteroatoms. The van der Waals surface area contributed by atoms with Gasteiger partial charge in [-0.1, -0.05) is 19.9 Å². The molecule has 0 saturated carbocycles. The molecule has 0 bridgehead atoms. The van der Waals surface area contributed by atoms with Crippen molar-refractivity contribution in [1.82, 2.24) is 0 Å². The van der Waals surface area contributed by atoms with Crippen molar-refractivity contribution in [3.05, 3.63) is 35.4 Å². The number of aliphatic hydroxyl groups is 1. The standard InChI is InChI=1S/C12H16F2O/c1-8(2)12(15)6-4-9-3-5-10(13)11(14)7-9/h3,5,7-8,12,15H,4,6H2,1-2H3. The van der Waals surface area contributed by atoms with Gasteiger partial charge in [0, 0.05) is 0 Å². The molecule has 1 nitrogen and oxygen atoms in total. The fourth-order valence-electron chi connectivity index (χ4n) is 1.34. The summed E-state index contributed by atoms with van der Waals surface area (Å²) in [5, 5.41) is 9.54. The van der Waals surface area contributed by atoms with E-state index < -0.39 is 17.7 Å². The van der Waals surface area contributed by atoms with E-state index in [9.17, 15) is 13.9 Å². The summed E-state index contributed by atoms with van der Waals surface area (Å²) >= 11 is 0.